The summed E-state index contributed by atoms with van der Waals surface area (Å²) < 4.78 is 2.92. The van der Waals surface area contributed by atoms with Crippen molar-refractivity contribution in [1.82, 2.24) is 9.55 Å². The summed E-state index contributed by atoms with van der Waals surface area (Å²) in [5, 5.41) is 9.02. The first-order chi connectivity index (χ1) is 7.20. The molecule has 0 atom stereocenters. The van der Waals surface area contributed by atoms with Gasteiger partial charge in [-0.05, 0) is 47.7 Å². The molecular formula is C11H8IN3. The zero-order valence-corrected chi connectivity index (χ0v) is 10.3. The van der Waals surface area contributed by atoms with Gasteiger partial charge in [-0.1, -0.05) is 0 Å². The van der Waals surface area contributed by atoms with Crippen LogP contribution >= 0.6 is 22.6 Å². The first-order valence-electron chi connectivity index (χ1n) is 4.41. The molecule has 0 N–H and O–H groups in total. The summed E-state index contributed by atoms with van der Waals surface area (Å²) in [6.07, 6.45) is 3.63. The third-order valence-electron chi connectivity index (χ3n) is 2.07. The molecule has 0 aliphatic rings. The Bertz CT molecular complexity index is 537. The molecule has 3 nitrogen and oxygen atoms in total. The van der Waals surface area contributed by atoms with Crippen LogP contribution in [0.2, 0.25) is 0 Å². The van der Waals surface area contributed by atoms with Gasteiger partial charge >= 0.3 is 0 Å². The van der Waals surface area contributed by atoms with Crippen LogP contribution < -0.4 is 0 Å². The second-order valence-corrected chi connectivity index (χ2v) is 4.44. The molecule has 1 heterocycles. The molecule has 4 heteroatoms. The monoisotopic (exact) mass is 309 g/mol. The third kappa shape index (κ3) is 2.02. The minimum atomic E-state index is 0.666. The highest BCUT2D eigenvalue weighted by Crippen LogP contribution is 2.17. The average molecular weight is 309 g/mol. The lowest BCUT2D eigenvalue weighted by atomic mass is 10.2. The van der Waals surface area contributed by atoms with Gasteiger partial charge in [-0.3, -0.25) is 0 Å². The van der Waals surface area contributed by atoms with Crippen LogP contribution in [0.1, 0.15) is 11.3 Å². The number of rotatable bonds is 1. The number of imidazole rings is 1. The number of nitriles is 1. The van der Waals surface area contributed by atoms with E-state index < -0.39 is 0 Å². The summed E-state index contributed by atoms with van der Waals surface area (Å²) in [5.74, 6) is 0. The van der Waals surface area contributed by atoms with E-state index in [1.54, 1.807) is 6.33 Å². The van der Waals surface area contributed by atoms with Gasteiger partial charge in [0, 0.05) is 9.77 Å². The Morgan fingerprint density at radius 1 is 1.47 bits per heavy atom. The van der Waals surface area contributed by atoms with Gasteiger partial charge in [0.05, 0.1) is 23.3 Å². The van der Waals surface area contributed by atoms with Crippen LogP contribution in [0.25, 0.3) is 5.69 Å². The molecule has 2 rings (SSSR count). The van der Waals surface area contributed by atoms with Crippen LogP contribution in [0.4, 0.5) is 0 Å². The summed E-state index contributed by atoms with van der Waals surface area (Å²) in [5.41, 5.74) is 2.48. The van der Waals surface area contributed by atoms with E-state index >= 15 is 0 Å². The lowest BCUT2D eigenvalue weighted by molar-refractivity contribution is 1.05. The van der Waals surface area contributed by atoms with E-state index in [0.29, 0.717) is 5.56 Å². The quantitative estimate of drug-likeness (QED) is 0.760. The van der Waals surface area contributed by atoms with Crippen LogP contribution in [-0.2, 0) is 0 Å². The average Bonchev–Trinajstić information content (AvgIpc) is 2.64. The zero-order valence-electron chi connectivity index (χ0n) is 8.11. The molecule has 0 saturated heterocycles. The van der Waals surface area contributed by atoms with Crippen molar-refractivity contribution in [3.8, 4) is 11.8 Å². The largest absolute Gasteiger partial charge is 0.305 e. The maximum atomic E-state index is 9.02. The molecule has 0 fully saturated rings. The van der Waals surface area contributed by atoms with Crippen LogP contribution in [0, 0.1) is 21.8 Å². The second-order valence-electron chi connectivity index (χ2n) is 3.20. The van der Waals surface area contributed by atoms with Crippen molar-refractivity contribution in [2.24, 2.45) is 0 Å². The van der Waals surface area contributed by atoms with Crippen molar-refractivity contribution in [1.29, 1.82) is 5.26 Å². The smallest absolute Gasteiger partial charge is 0.101 e. The molecule has 0 bridgehead atoms. The summed E-state index contributed by atoms with van der Waals surface area (Å²) in [7, 11) is 0. The molecule has 2 aromatic rings. The summed E-state index contributed by atoms with van der Waals surface area (Å²) in [6.45, 7) is 1.93. The Morgan fingerprint density at radius 3 is 2.87 bits per heavy atom. The normalized spacial score (nSPS) is 9.93. The van der Waals surface area contributed by atoms with E-state index in [1.807, 2.05) is 35.9 Å². The van der Waals surface area contributed by atoms with Gasteiger partial charge in [0.25, 0.3) is 0 Å². The number of benzene rings is 1. The maximum absolute atomic E-state index is 9.02. The molecule has 1 aromatic carbocycles. The lowest BCUT2D eigenvalue weighted by Crippen LogP contribution is -1.94. The minimum absolute atomic E-state index is 0.666. The minimum Gasteiger partial charge on any atom is -0.305 e. The molecule has 0 aliphatic carbocycles. The fourth-order valence-corrected chi connectivity index (χ4v) is 1.87. The van der Waals surface area contributed by atoms with Gasteiger partial charge in [0.15, 0.2) is 0 Å². The van der Waals surface area contributed by atoms with Crippen molar-refractivity contribution in [3.05, 3.63) is 45.6 Å². The molecule has 1 aromatic heterocycles. The molecule has 0 radical (unpaired) electrons. The van der Waals surface area contributed by atoms with Gasteiger partial charge in [-0.15, -0.1) is 0 Å². The highest BCUT2D eigenvalue weighted by Gasteiger charge is 2.04. The summed E-state index contributed by atoms with van der Waals surface area (Å²) in [6, 6.07) is 7.97. The van der Waals surface area contributed by atoms with Gasteiger partial charge in [0.1, 0.15) is 6.07 Å². The number of hydrogen-bond donors (Lipinski definition) is 0. The standard InChI is InChI=1S/C11H8IN3/c1-8-6-15(7-14-8)11-3-2-10(12)4-9(11)5-13/h2-4,6-7H,1H3. The maximum Gasteiger partial charge on any atom is 0.101 e. The Kier molecular flexibility index (Phi) is 2.73. The topological polar surface area (TPSA) is 41.6 Å². The van der Waals surface area contributed by atoms with E-state index in [2.05, 4.69) is 33.6 Å². The number of nitrogens with zero attached hydrogens (tertiary/aromatic N) is 3. The van der Waals surface area contributed by atoms with Crippen molar-refractivity contribution in [2.75, 3.05) is 0 Å². The predicted molar refractivity (Wildman–Crippen MR) is 65.7 cm³/mol. The van der Waals surface area contributed by atoms with Crippen molar-refractivity contribution < 1.29 is 0 Å². The molecule has 0 aliphatic heterocycles. The molecule has 0 unspecified atom stereocenters. The Labute approximate surface area is 102 Å². The first-order valence-corrected chi connectivity index (χ1v) is 5.49. The van der Waals surface area contributed by atoms with E-state index in [-0.39, 0.29) is 0 Å². The van der Waals surface area contributed by atoms with Gasteiger partial charge in [0.2, 0.25) is 0 Å². The first kappa shape index (κ1) is 10.2. The van der Waals surface area contributed by atoms with Crippen LogP contribution in [0.3, 0.4) is 0 Å². The molecular weight excluding hydrogens is 301 g/mol. The van der Waals surface area contributed by atoms with Gasteiger partial charge in [-0.2, -0.15) is 5.26 Å². The van der Waals surface area contributed by atoms with Crippen molar-refractivity contribution in [2.45, 2.75) is 6.92 Å². The van der Waals surface area contributed by atoms with E-state index in [9.17, 15) is 0 Å². The third-order valence-corrected chi connectivity index (χ3v) is 2.74. The zero-order chi connectivity index (χ0) is 10.8. The highest BCUT2D eigenvalue weighted by atomic mass is 127. The van der Waals surface area contributed by atoms with E-state index in [4.69, 9.17) is 5.26 Å². The number of hydrogen-bond acceptors (Lipinski definition) is 2. The molecule has 74 valence electrons. The van der Waals surface area contributed by atoms with E-state index in [1.165, 1.54) is 0 Å². The van der Waals surface area contributed by atoms with Crippen LogP contribution in [0.15, 0.2) is 30.7 Å². The number of aromatic nitrogens is 2. The van der Waals surface area contributed by atoms with Gasteiger partial charge < -0.3 is 4.57 Å². The van der Waals surface area contributed by atoms with E-state index in [0.717, 1.165) is 15.0 Å². The Balaban J connectivity index is 2.58. The second kappa shape index (κ2) is 4.03. The molecule has 0 saturated carbocycles. The fraction of sp³-hybridized carbons (Fsp3) is 0.0909. The van der Waals surface area contributed by atoms with Gasteiger partial charge in [-0.25, -0.2) is 4.98 Å². The molecule has 0 amide bonds. The highest BCUT2D eigenvalue weighted by molar-refractivity contribution is 14.1. The lowest BCUT2D eigenvalue weighted by Gasteiger charge is -2.04. The Hall–Kier alpha value is -1.35. The molecule has 15 heavy (non-hydrogen) atoms. The number of aryl methyl sites for hydroxylation is 1. The molecule has 0 spiro atoms. The predicted octanol–water partition coefficient (Wildman–Crippen LogP) is 2.66. The van der Waals surface area contributed by atoms with Crippen LogP contribution in [0.5, 0.6) is 0 Å². The Morgan fingerprint density at radius 2 is 2.27 bits per heavy atom. The van der Waals surface area contributed by atoms with Crippen LogP contribution in [-0.4, -0.2) is 9.55 Å². The fourth-order valence-electron chi connectivity index (χ4n) is 1.38. The number of halogens is 1. The summed E-state index contributed by atoms with van der Waals surface area (Å²) >= 11 is 2.19. The summed E-state index contributed by atoms with van der Waals surface area (Å²) in [4.78, 5) is 4.14. The SMILES string of the molecule is Cc1cn(-c2ccc(I)cc2C#N)cn1. The van der Waals surface area contributed by atoms with Crippen molar-refractivity contribution >= 4 is 22.6 Å². The van der Waals surface area contributed by atoms with Crippen molar-refractivity contribution in [3.63, 3.8) is 0 Å².